The zero-order valence-electron chi connectivity index (χ0n) is 10.3. The van der Waals surface area contributed by atoms with Crippen LogP contribution >= 0.6 is 0 Å². The predicted molar refractivity (Wildman–Crippen MR) is 63.7 cm³/mol. The summed E-state index contributed by atoms with van der Waals surface area (Å²) < 4.78 is 0. The third kappa shape index (κ3) is 9.69. The normalized spacial score (nSPS) is 12.9. The van der Waals surface area contributed by atoms with Crippen LogP contribution in [0.15, 0.2) is 0 Å². The van der Waals surface area contributed by atoms with Crippen LogP contribution in [0.4, 0.5) is 0 Å². The topological polar surface area (TPSA) is 58.4 Å². The predicted octanol–water partition coefficient (Wildman–Crippen LogP) is 0.572. The molecule has 0 bridgehead atoms. The number of carbonyl (C=O) groups excluding carboxylic acids is 1. The number of nitrogens with zero attached hydrogens (tertiary/aromatic N) is 1. The summed E-state index contributed by atoms with van der Waals surface area (Å²) in [5.41, 5.74) is 5.77. The summed E-state index contributed by atoms with van der Waals surface area (Å²) in [6, 6.07) is 0.0175. The van der Waals surface area contributed by atoms with Crippen molar-refractivity contribution in [2.24, 2.45) is 5.73 Å². The summed E-state index contributed by atoms with van der Waals surface area (Å²) in [7, 11) is 4.05. The molecule has 3 N–H and O–H groups in total. The molecule has 0 aliphatic heterocycles. The van der Waals surface area contributed by atoms with Gasteiger partial charge in [-0.2, -0.15) is 0 Å². The van der Waals surface area contributed by atoms with Crippen LogP contribution in [-0.4, -0.2) is 44.0 Å². The Bertz CT molecular complexity index is 171. The number of hydrogen-bond acceptors (Lipinski definition) is 3. The average Bonchev–Trinajstić information content (AvgIpc) is 2.12. The Kier molecular flexibility index (Phi) is 8.33. The molecule has 1 unspecified atom stereocenters. The van der Waals surface area contributed by atoms with E-state index in [0.717, 1.165) is 32.4 Å². The SMILES string of the molecule is CCCC(N)CC(=O)NCCCN(C)C. The van der Waals surface area contributed by atoms with Crippen molar-refractivity contribution in [1.82, 2.24) is 10.2 Å². The summed E-state index contributed by atoms with van der Waals surface area (Å²) >= 11 is 0. The van der Waals surface area contributed by atoms with Gasteiger partial charge in [0.25, 0.3) is 0 Å². The summed E-state index contributed by atoms with van der Waals surface area (Å²) in [5, 5.41) is 2.88. The number of hydrogen-bond donors (Lipinski definition) is 2. The Morgan fingerprint density at radius 1 is 1.47 bits per heavy atom. The second kappa shape index (κ2) is 8.68. The Morgan fingerprint density at radius 2 is 2.13 bits per heavy atom. The first-order valence-corrected chi connectivity index (χ1v) is 5.73. The van der Waals surface area contributed by atoms with Crippen molar-refractivity contribution in [3.05, 3.63) is 0 Å². The third-order valence-electron chi connectivity index (χ3n) is 2.21. The number of nitrogens with one attached hydrogen (secondary N) is 1. The lowest BCUT2D eigenvalue weighted by atomic mass is 10.1. The molecular weight excluding hydrogens is 190 g/mol. The lowest BCUT2D eigenvalue weighted by molar-refractivity contribution is -0.121. The summed E-state index contributed by atoms with van der Waals surface area (Å²) in [5.74, 6) is 0.0784. The van der Waals surface area contributed by atoms with Crippen LogP contribution in [0.5, 0.6) is 0 Å². The van der Waals surface area contributed by atoms with Crippen molar-refractivity contribution in [3.8, 4) is 0 Å². The van der Waals surface area contributed by atoms with Gasteiger partial charge in [-0.25, -0.2) is 0 Å². The van der Waals surface area contributed by atoms with E-state index in [-0.39, 0.29) is 11.9 Å². The fourth-order valence-electron chi connectivity index (χ4n) is 1.41. The molecule has 0 fully saturated rings. The number of rotatable bonds is 8. The first-order valence-electron chi connectivity index (χ1n) is 5.73. The van der Waals surface area contributed by atoms with Crippen molar-refractivity contribution >= 4 is 5.91 Å². The quantitative estimate of drug-likeness (QED) is 0.582. The average molecular weight is 215 g/mol. The fraction of sp³-hybridized carbons (Fsp3) is 0.909. The van der Waals surface area contributed by atoms with Crippen LogP contribution in [0.3, 0.4) is 0 Å². The van der Waals surface area contributed by atoms with Crippen LogP contribution in [0.2, 0.25) is 0 Å². The minimum atomic E-state index is 0.0175. The second-order valence-corrected chi connectivity index (χ2v) is 4.26. The van der Waals surface area contributed by atoms with Gasteiger partial charge in [-0.15, -0.1) is 0 Å². The van der Waals surface area contributed by atoms with Crippen molar-refractivity contribution in [2.75, 3.05) is 27.2 Å². The van der Waals surface area contributed by atoms with E-state index in [2.05, 4.69) is 17.1 Å². The van der Waals surface area contributed by atoms with Crippen molar-refractivity contribution < 1.29 is 4.79 Å². The van der Waals surface area contributed by atoms with Crippen LogP contribution in [0.25, 0.3) is 0 Å². The number of amides is 1. The first-order chi connectivity index (χ1) is 7.06. The number of nitrogens with two attached hydrogens (primary N) is 1. The van der Waals surface area contributed by atoms with E-state index in [0.29, 0.717) is 6.42 Å². The molecule has 0 aromatic rings. The smallest absolute Gasteiger partial charge is 0.221 e. The molecular formula is C11H25N3O. The Morgan fingerprint density at radius 3 is 2.67 bits per heavy atom. The molecule has 1 atom stereocenters. The van der Waals surface area contributed by atoms with Crippen LogP contribution in [0, 0.1) is 0 Å². The second-order valence-electron chi connectivity index (χ2n) is 4.26. The third-order valence-corrected chi connectivity index (χ3v) is 2.21. The molecule has 0 saturated carbocycles. The van der Waals surface area contributed by atoms with E-state index in [9.17, 15) is 4.79 Å². The van der Waals surface area contributed by atoms with Gasteiger partial charge < -0.3 is 16.0 Å². The highest BCUT2D eigenvalue weighted by molar-refractivity contribution is 5.76. The zero-order valence-corrected chi connectivity index (χ0v) is 10.3. The molecule has 0 saturated heterocycles. The first kappa shape index (κ1) is 14.4. The van der Waals surface area contributed by atoms with E-state index >= 15 is 0 Å². The minimum absolute atomic E-state index is 0.0175. The van der Waals surface area contributed by atoms with E-state index in [1.165, 1.54) is 0 Å². The molecule has 0 aromatic heterocycles. The Hall–Kier alpha value is -0.610. The maximum atomic E-state index is 11.4. The van der Waals surface area contributed by atoms with E-state index in [4.69, 9.17) is 5.73 Å². The molecule has 90 valence electrons. The van der Waals surface area contributed by atoms with Gasteiger partial charge in [0.1, 0.15) is 0 Å². The lowest BCUT2D eigenvalue weighted by Crippen LogP contribution is -2.33. The van der Waals surface area contributed by atoms with Gasteiger partial charge in [0.2, 0.25) is 5.91 Å². The summed E-state index contributed by atoms with van der Waals surface area (Å²) in [6.07, 6.45) is 3.40. The minimum Gasteiger partial charge on any atom is -0.356 e. The van der Waals surface area contributed by atoms with Gasteiger partial charge in [-0.05, 0) is 33.5 Å². The van der Waals surface area contributed by atoms with Gasteiger partial charge >= 0.3 is 0 Å². The van der Waals surface area contributed by atoms with Crippen molar-refractivity contribution in [2.45, 2.75) is 38.6 Å². The standard InChI is InChI=1S/C11H25N3O/c1-4-6-10(12)9-11(15)13-7-5-8-14(2)3/h10H,4-9,12H2,1-3H3,(H,13,15). The van der Waals surface area contributed by atoms with Crippen LogP contribution < -0.4 is 11.1 Å². The molecule has 0 aliphatic rings. The Balaban J connectivity index is 3.40. The highest BCUT2D eigenvalue weighted by Gasteiger charge is 2.07. The van der Waals surface area contributed by atoms with Crippen LogP contribution in [0.1, 0.15) is 32.6 Å². The molecule has 4 nitrogen and oxygen atoms in total. The summed E-state index contributed by atoms with van der Waals surface area (Å²) in [6.45, 7) is 3.83. The molecule has 0 spiro atoms. The zero-order chi connectivity index (χ0) is 11.7. The van der Waals surface area contributed by atoms with E-state index in [1.54, 1.807) is 0 Å². The lowest BCUT2D eigenvalue weighted by Gasteiger charge is -2.12. The van der Waals surface area contributed by atoms with Crippen LogP contribution in [-0.2, 0) is 4.79 Å². The van der Waals surface area contributed by atoms with Gasteiger partial charge in [-0.1, -0.05) is 13.3 Å². The molecule has 1 amide bonds. The molecule has 0 rings (SSSR count). The molecule has 0 heterocycles. The van der Waals surface area contributed by atoms with Gasteiger partial charge in [0.15, 0.2) is 0 Å². The Labute approximate surface area is 93.2 Å². The largest absolute Gasteiger partial charge is 0.356 e. The van der Waals surface area contributed by atoms with Gasteiger partial charge in [-0.3, -0.25) is 4.79 Å². The molecule has 0 radical (unpaired) electrons. The van der Waals surface area contributed by atoms with Gasteiger partial charge in [0.05, 0.1) is 0 Å². The number of carbonyl (C=O) groups is 1. The van der Waals surface area contributed by atoms with Crippen molar-refractivity contribution in [3.63, 3.8) is 0 Å². The van der Waals surface area contributed by atoms with Gasteiger partial charge in [0, 0.05) is 19.0 Å². The highest BCUT2D eigenvalue weighted by atomic mass is 16.1. The van der Waals surface area contributed by atoms with E-state index < -0.39 is 0 Å². The van der Waals surface area contributed by atoms with Crippen molar-refractivity contribution in [1.29, 1.82) is 0 Å². The molecule has 15 heavy (non-hydrogen) atoms. The maximum absolute atomic E-state index is 11.4. The summed E-state index contributed by atoms with van der Waals surface area (Å²) in [4.78, 5) is 13.5. The molecule has 0 aliphatic carbocycles. The van der Waals surface area contributed by atoms with E-state index in [1.807, 2.05) is 14.1 Å². The fourth-order valence-corrected chi connectivity index (χ4v) is 1.41. The molecule has 0 aromatic carbocycles. The highest BCUT2D eigenvalue weighted by Crippen LogP contribution is 1.97. The monoisotopic (exact) mass is 215 g/mol. The molecule has 4 heteroatoms. The maximum Gasteiger partial charge on any atom is 0.221 e.